The van der Waals surface area contributed by atoms with Crippen LogP contribution in [0.2, 0.25) is 0 Å². The van der Waals surface area contributed by atoms with Crippen LogP contribution in [0.4, 0.5) is 0 Å². The van der Waals surface area contributed by atoms with Crippen LogP contribution in [0.15, 0.2) is 0 Å². The highest BCUT2D eigenvalue weighted by molar-refractivity contribution is 5.85. The number of hydrogen-bond acceptors (Lipinski definition) is 4. The van der Waals surface area contributed by atoms with Gasteiger partial charge in [-0.3, -0.25) is 0 Å². The normalized spacial score (nSPS) is 26.8. The zero-order valence-corrected chi connectivity index (χ0v) is 13.4. The second-order valence-corrected chi connectivity index (χ2v) is 6.37. The van der Waals surface area contributed by atoms with E-state index in [0.717, 1.165) is 37.3 Å². The molecule has 120 valence electrons. The second-order valence-electron chi connectivity index (χ2n) is 6.37. The van der Waals surface area contributed by atoms with Crippen molar-refractivity contribution in [1.29, 1.82) is 0 Å². The predicted molar refractivity (Wildman–Crippen MR) is 84.7 cm³/mol. The zero-order valence-electron chi connectivity index (χ0n) is 12.6. The first kappa shape index (κ1) is 16.7. The minimum absolute atomic E-state index is 0. The van der Waals surface area contributed by atoms with E-state index in [1.54, 1.807) is 0 Å². The SMILES string of the molecule is Cl.NC1CCC(c2nc(C3CCCC3)nn2CCO)CC1. The van der Waals surface area contributed by atoms with E-state index in [0.29, 0.717) is 24.4 Å². The standard InChI is InChI=1S/C15H26N4O.ClH/c16-13-7-5-12(6-8-13)15-17-14(11-3-1-2-4-11)18-19(15)9-10-20;/h11-13,20H,1-10,16H2;1H. The third kappa shape index (κ3) is 3.76. The molecule has 0 spiro atoms. The molecule has 0 aromatic carbocycles. The van der Waals surface area contributed by atoms with Crippen LogP contribution in [0.5, 0.6) is 0 Å². The summed E-state index contributed by atoms with van der Waals surface area (Å²) in [5.41, 5.74) is 5.99. The minimum atomic E-state index is 0. The summed E-state index contributed by atoms with van der Waals surface area (Å²) >= 11 is 0. The zero-order chi connectivity index (χ0) is 13.9. The largest absolute Gasteiger partial charge is 0.394 e. The van der Waals surface area contributed by atoms with Crippen molar-refractivity contribution in [3.8, 4) is 0 Å². The van der Waals surface area contributed by atoms with E-state index >= 15 is 0 Å². The molecule has 2 saturated carbocycles. The van der Waals surface area contributed by atoms with Crippen molar-refractivity contribution < 1.29 is 5.11 Å². The summed E-state index contributed by atoms with van der Waals surface area (Å²) in [6.45, 7) is 0.699. The maximum atomic E-state index is 9.25. The molecule has 0 radical (unpaired) electrons. The lowest BCUT2D eigenvalue weighted by atomic mass is 9.86. The van der Waals surface area contributed by atoms with E-state index in [-0.39, 0.29) is 19.0 Å². The van der Waals surface area contributed by atoms with Crippen molar-refractivity contribution in [2.45, 2.75) is 75.8 Å². The summed E-state index contributed by atoms with van der Waals surface area (Å²) in [7, 11) is 0. The molecule has 2 aliphatic rings. The van der Waals surface area contributed by atoms with E-state index in [1.165, 1.54) is 25.7 Å². The van der Waals surface area contributed by atoms with Crippen molar-refractivity contribution in [1.82, 2.24) is 14.8 Å². The Morgan fingerprint density at radius 2 is 1.71 bits per heavy atom. The lowest BCUT2D eigenvalue weighted by Crippen LogP contribution is -2.27. The van der Waals surface area contributed by atoms with Gasteiger partial charge in [0.1, 0.15) is 5.82 Å². The Morgan fingerprint density at radius 1 is 1.05 bits per heavy atom. The molecule has 0 aliphatic heterocycles. The number of halogens is 1. The molecule has 0 unspecified atom stereocenters. The molecule has 6 heteroatoms. The summed E-state index contributed by atoms with van der Waals surface area (Å²) in [4.78, 5) is 4.86. The van der Waals surface area contributed by atoms with Crippen LogP contribution in [0.3, 0.4) is 0 Å². The number of hydrogen-bond donors (Lipinski definition) is 2. The molecule has 0 atom stereocenters. The van der Waals surface area contributed by atoms with E-state index in [2.05, 4.69) is 0 Å². The highest BCUT2D eigenvalue weighted by Crippen LogP contribution is 2.35. The summed E-state index contributed by atoms with van der Waals surface area (Å²) in [5, 5.41) is 13.9. The summed E-state index contributed by atoms with van der Waals surface area (Å²) in [6, 6.07) is 0.356. The van der Waals surface area contributed by atoms with E-state index in [4.69, 9.17) is 15.8 Å². The number of rotatable bonds is 4. The highest BCUT2D eigenvalue weighted by Gasteiger charge is 2.28. The van der Waals surface area contributed by atoms with Crippen LogP contribution >= 0.6 is 12.4 Å². The van der Waals surface area contributed by atoms with Crippen LogP contribution in [0, 0.1) is 0 Å². The van der Waals surface area contributed by atoms with Crippen LogP contribution in [-0.2, 0) is 6.54 Å². The molecule has 2 aliphatic carbocycles. The average Bonchev–Trinajstić information content (AvgIpc) is 3.09. The van der Waals surface area contributed by atoms with Gasteiger partial charge in [-0.15, -0.1) is 12.4 Å². The Labute approximate surface area is 132 Å². The van der Waals surface area contributed by atoms with Gasteiger partial charge < -0.3 is 10.8 Å². The van der Waals surface area contributed by atoms with Gasteiger partial charge in [0.2, 0.25) is 0 Å². The predicted octanol–water partition coefficient (Wildman–Crippen LogP) is 2.33. The van der Waals surface area contributed by atoms with Crippen LogP contribution in [0.25, 0.3) is 0 Å². The summed E-state index contributed by atoms with van der Waals surface area (Å²) in [6.07, 6.45) is 9.41. The maximum absolute atomic E-state index is 9.25. The molecular formula is C15H27ClN4O. The average molecular weight is 315 g/mol. The molecule has 3 rings (SSSR count). The van der Waals surface area contributed by atoms with Crippen LogP contribution < -0.4 is 5.73 Å². The third-order valence-electron chi connectivity index (χ3n) is 4.89. The lowest BCUT2D eigenvalue weighted by molar-refractivity contribution is 0.262. The van der Waals surface area contributed by atoms with Gasteiger partial charge in [0.25, 0.3) is 0 Å². The molecule has 2 fully saturated rings. The monoisotopic (exact) mass is 314 g/mol. The van der Waals surface area contributed by atoms with E-state index < -0.39 is 0 Å². The van der Waals surface area contributed by atoms with Gasteiger partial charge in [-0.05, 0) is 38.5 Å². The summed E-state index contributed by atoms with van der Waals surface area (Å²) < 4.78 is 1.95. The molecular weight excluding hydrogens is 288 g/mol. The van der Waals surface area contributed by atoms with Crippen LogP contribution in [0.1, 0.15) is 74.9 Å². The molecule has 0 saturated heterocycles. The fraction of sp³-hybridized carbons (Fsp3) is 0.867. The second kappa shape index (κ2) is 7.56. The van der Waals surface area contributed by atoms with Gasteiger partial charge in [-0.1, -0.05) is 12.8 Å². The Kier molecular flexibility index (Phi) is 6.02. The maximum Gasteiger partial charge on any atom is 0.154 e. The number of aromatic nitrogens is 3. The minimum Gasteiger partial charge on any atom is -0.394 e. The molecule has 21 heavy (non-hydrogen) atoms. The number of aliphatic hydroxyl groups is 1. The fourth-order valence-electron chi connectivity index (χ4n) is 3.67. The summed E-state index contributed by atoms with van der Waals surface area (Å²) in [5.74, 6) is 3.12. The lowest BCUT2D eigenvalue weighted by Gasteiger charge is -2.25. The van der Waals surface area contributed by atoms with Gasteiger partial charge in [-0.2, -0.15) is 5.10 Å². The Balaban J connectivity index is 0.00000161. The number of aliphatic hydroxyl groups excluding tert-OH is 1. The van der Waals surface area contributed by atoms with E-state index in [1.807, 2.05) is 4.68 Å². The molecule has 0 bridgehead atoms. The molecule has 0 amide bonds. The van der Waals surface area contributed by atoms with Crippen molar-refractivity contribution in [3.63, 3.8) is 0 Å². The van der Waals surface area contributed by atoms with Crippen molar-refractivity contribution >= 4 is 12.4 Å². The smallest absolute Gasteiger partial charge is 0.154 e. The van der Waals surface area contributed by atoms with Gasteiger partial charge in [-0.25, -0.2) is 9.67 Å². The van der Waals surface area contributed by atoms with Gasteiger partial charge in [0.05, 0.1) is 13.2 Å². The van der Waals surface area contributed by atoms with Gasteiger partial charge >= 0.3 is 0 Å². The molecule has 1 heterocycles. The van der Waals surface area contributed by atoms with Gasteiger partial charge in [0.15, 0.2) is 5.82 Å². The molecule has 3 N–H and O–H groups in total. The highest BCUT2D eigenvalue weighted by atomic mass is 35.5. The van der Waals surface area contributed by atoms with Crippen molar-refractivity contribution in [2.75, 3.05) is 6.61 Å². The Bertz CT molecular complexity index is 437. The third-order valence-corrected chi connectivity index (χ3v) is 4.89. The van der Waals surface area contributed by atoms with Gasteiger partial charge in [0, 0.05) is 17.9 Å². The molecule has 5 nitrogen and oxygen atoms in total. The molecule has 1 aromatic rings. The fourth-order valence-corrected chi connectivity index (χ4v) is 3.67. The number of nitrogens with two attached hydrogens (primary N) is 1. The number of nitrogens with zero attached hydrogens (tertiary/aromatic N) is 3. The first-order valence-electron chi connectivity index (χ1n) is 8.09. The Hall–Kier alpha value is -0.650. The van der Waals surface area contributed by atoms with Crippen molar-refractivity contribution in [3.05, 3.63) is 11.6 Å². The van der Waals surface area contributed by atoms with Crippen LogP contribution in [-0.4, -0.2) is 32.5 Å². The first-order chi connectivity index (χ1) is 9.78. The Morgan fingerprint density at radius 3 is 2.33 bits per heavy atom. The first-order valence-corrected chi connectivity index (χ1v) is 8.09. The molecule has 1 aromatic heterocycles. The van der Waals surface area contributed by atoms with Crippen molar-refractivity contribution in [2.24, 2.45) is 5.73 Å². The quantitative estimate of drug-likeness (QED) is 0.894. The van der Waals surface area contributed by atoms with E-state index in [9.17, 15) is 5.11 Å². The topological polar surface area (TPSA) is 77.0 Å².